The van der Waals surface area contributed by atoms with Crippen LogP contribution in [-0.2, 0) is 19.1 Å². The van der Waals surface area contributed by atoms with Crippen LogP contribution >= 0.6 is 0 Å². The Labute approximate surface area is 135 Å². The number of carbonyl (C=O) groups is 3. The third-order valence-corrected chi connectivity index (χ3v) is 2.96. The van der Waals surface area contributed by atoms with Crippen LogP contribution in [0.15, 0.2) is 18.2 Å². The second-order valence-electron chi connectivity index (χ2n) is 4.91. The Morgan fingerprint density at radius 1 is 1.00 bits per heavy atom. The minimum atomic E-state index is -0.489. The van der Waals surface area contributed by atoms with Gasteiger partial charge < -0.3 is 9.47 Å². The van der Waals surface area contributed by atoms with Gasteiger partial charge in [0, 0.05) is 6.42 Å². The quantitative estimate of drug-likeness (QED) is 0.580. The second-order valence-corrected chi connectivity index (χ2v) is 4.91. The summed E-state index contributed by atoms with van der Waals surface area (Å²) in [5.74, 6) is -0.765. The highest BCUT2D eigenvalue weighted by Gasteiger charge is 2.10. The van der Waals surface area contributed by atoms with Gasteiger partial charge >= 0.3 is 5.97 Å². The Morgan fingerprint density at radius 2 is 1.61 bits per heavy atom. The molecule has 0 unspecified atom stereocenters. The van der Waals surface area contributed by atoms with Gasteiger partial charge in [-0.3, -0.25) is 25.2 Å². The molecule has 2 N–H and O–H groups in total. The van der Waals surface area contributed by atoms with Crippen LogP contribution in [0.5, 0.6) is 5.75 Å². The Bertz CT molecular complexity index is 551. The Hall–Kier alpha value is -2.57. The highest BCUT2D eigenvalue weighted by atomic mass is 16.5. The number of hydrogen-bond donors (Lipinski definition) is 2. The van der Waals surface area contributed by atoms with Gasteiger partial charge in [-0.1, -0.05) is 18.2 Å². The fraction of sp³-hybridized carbons (Fsp3) is 0.438. The number of nitrogens with one attached hydrogen (secondary N) is 2. The maximum atomic E-state index is 11.6. The number of hydrogen-bond acceptors (Lipinski definition) is 5. The van der Waals surface area contributed by atoms with E-state index in [0.717, 1.165) is 11.1 Å². The zero-order valence-electron chi connectivity index (χ0n) is 13.6. The number of ether oxygens (including phenoxy) is 2. The van der Waals surface area contributed by atoms with E-state index in [-0.39, 0.29) is 26.1 Å². The summed E-state index contributed by atoms with van der Waals surface area (Å²) >= 11 is 0. The first-order valence-corrected chi connectivity index (χ1v) is 7.36. The molecule has 126 valence electrons. The molecule has 23 heavy (non-hydrogen) atoms. The van der Waals surface area contributed by atoms with E-state index in [1.807, 2.05) is 32.0 Å². The van der Waals surface area contributed by atoms with Crippen molar-refractivity contribution in [1.29, 1.82) is 0 Å². The van der Waals surface area contributed by atoms with Gasteiger partial charge in [-0.2, -0.15) is 0 Å². The van der Waals surface area contributed by atoms with Gasteiger partial charge in [-0.05, 0) is 31.9 Å². The fourth-order valence-corrected chi connectivity index (χ4v) is 1.85. The largest absolute Gasteiger partial charge is 0.483 e. The van der Waals surface area contributed by atoms with Gasteiger partial charge in [0.15, 0.2) is 6.61 Å². The first kappa shape index (κ1) is 18.5. The molecule has 7 heteroatoms. The van der Waals surface area contributed by atoms with Crippen LogP contribution in [0.4, 0.5) is 0 Å². The lowest BCUT2D eigenvalue weighted by Crippen LogP contribution is -2.44. The van der Waals surface area contributed by atoms with Crippen LogP contribution in [-0.4, -0.2) is 31.0 Å². The van der Waals surface area contributed by atoms with Gasteiger partial charge in [0.2, 0.25) is 5.91 Å². The predicted molar refractivity (Wildman–Crippen MR) is 83.6 cm³/mol. The molecule has 0 saturated heterocycles. The third-order valence-electron chi connectivity index (χ3n) is 2.96. The van der Waals surface area contributed by atoms with Crippen molar-refractivity contribution in [3.05, 3.63) is 29.3 Å². The van der Waals surface area contributed by atoms with Gasteiger partial charge in [0.25, 0.3) is 5.91 Å². The highest BCUT2D eigenvalue weighted by molar-refractivity contribution is 5.84. The molecule has 1 aromatic rings. The standard InChI is InChI=1S/C16H22N2O5/c1-4-22-15(21)9-8-13(19)17-18-14(20)10-23-16-11(2)6-5-7-12(16)3/h5-7H,4,8-10H2,1-3H3,(H,17,19)(H,18,20). The van der Waals surface area contributed by atoms with Crippen molar-refractivity contribution in [2.24, 2.45) is 0 Å². The van der Waals surface area contributed by atoms with Gasteiger partial charge in [-0.15, -0.1) is 0 Å². The fourth-order valence-electron chi connectivity index (χ4n) is 1.85. The van der Waals surface area contributed by atoms with Crippen molar-refractivity contribution in [3.8, 4) is 5.75 Å². The first-order valence-electron chi connectivity index (χ1n) is 7.36. The van der Waals surface area contributed by atoms with Crippen LogP contribution in [0.3, 0.4) is 0 Å². The first-order chi connectivity index (χ1) is 10.9. The van der Waals surface area contributed by atoms with E-state index < -0.39 is 17.8 Å². The number of esters is 1. The van der Waals surface area contributed by atoms with Gasteiger partial charge in [-0.25, -0.2) is 0 Å². The monoisotopic (exact) mass is 322 g/mol. The van der Waals surface area contributed by atoms with Crippen molar-refractivity contribution < 1.29 is 23.9 Å². The molecule has 7 nitrogen and oxygen atoms in total. The molecular weight excluding hydrogens is 300 g/mol. The van der Waals surface area contributed by atoms with Crippen LogP contribution < -0.4 is 15.6 Å². The number of hydrazine groups is 1. The van der Waals surface area contributed by atoms with Crippen LogP contribution in [0.25, 0.3) is 0 Å². The minimum absolute atomic E-state index is 0.0333. The van der Waals surface area contributed by atoms with E-state index in [1.165, 1.54) is 0 Å². The maximum Gasteiger partial charge on any atom is 0.306 e. The molecule has 0 fully saturated rings. The van der Waals surface area contributed by atoms with E-state index in [0.29, 0.717) is 5.75 Å². The summed E-state index contributed by atoms with van der Waals surface area (Å²) < 4.78 is 10.2. The highest BCUT2D eigenvalue weighted by Crippen LogP contribution is 2.21. The van der Waals surface area contributed by atoms with Crippen molar-refractivity contribution in [3.63, 3.8) is 0 Å². The second kappa shape index (κ2) is 9.45. The molecule has 1 aromatic carbocycles. The lowest BCUT2D eigenvalue weighted by atomic mass is 10.1. The van der Waals surface area contributed by atoms with E-state index in [4.69, 9.17) is 9.47 Å². The lowest BCUT2D eigenvalue weighted by molar-refractivity contribution is -0.144. The molecule has 0 heterocycles. The molecule has 0 bridgehead atoms. The SMILES string of the molecule is CCOC(=O)CCC(=O)NNC(=O)COc1c(C)cccc1C. The average Bonchev–Trinajstić information content (AvgIpc) is 2.50. The van der Waals surface area contributed by atoms with Crippen molar-refractivity contribution in [1.82, 2.24) is 10.9 Å². The molecule has 0 saturated carbocycles. The van der Waals surface area contributed by atoms with Crippen LogP contribution in [0.2, 0.25) is 0 Å². The number of benzene rings is 1. The number of para-hydroxylation sites is 1. The summed E-state index contributed by atoms with van der Waals surface area (Å²) in [5, 5.41) is 0. The normalized spacial score (nSPS) is 9.87. The van der Waals surface area contributed by atoms with E-state index in [2.05, 4.69) is 10.9 Å². The number of carbonyl (C=O) groups excluding carboxylic acids is 3. The van der Waals surface area contributed by atoms with E-state index in [1.54, 1.807) is 6.92 Å². The van der Waals surface area contributed by atoms with Crippen LogP contribution in [0.1, 0.15) is 30.9 Å². The smallest absolute Gasteiger partial charge is 0.306 e. The van der Waals surface area contributed by atoms with Crippen molar-refractivity contribution in [2.75, 3.05) is 13.2 Å². The van der Waals surface area contributed by atoms with E-state index >= 15 is 0 Å². The maximum absolute atomic E-state index is 11.6. The summed E-state index contributed by atoms with van der Waals surface area (Å²) in [6.07, 6.45) is -0.0919. The third kappa shape index (κ3) is 6.82. The van der Waals surface area contributed by atoms with Gasteiger partial charge in [0.05, 0.1) is 13.0 Å². The molecule has 0 aliphatic rings. The summed E-state index contributed by atoms with van der Waals surface area (Å²) in [4.78, 5) is 34.2. The molecule has 0 atom stereocenters. The molecule has 0 aliphatic heterocycles. The van der Waals surface area contributed by atoms with Crippen molar-refractivity contribution in [2.45, 2.75) is 33.6 Å². The zero-order valence-corrected chi connectivity index (χ0v) is 13.6. The lowest BCUT2D eigenvalue weighted by Gasteiger charge is -2.12. The Balaban J connectivity index is 2.29. The average molecular weight is 322 g/mol. The van der Waals surface area contributed by atoms with Crippen molar-refractivity contribution >= 4 is 17.8 Å². The van der Waals surface area contributed by atoms with Crippen LogP contribution in [0, 0.1) is 13.8 Å². The van der Waals surface area contributed by atoms with Gasteiger partial charge in [0.1, 0.15) is 5.75 Å². The number of aryl methyl sites for hydroxylation is 2. The molecule has 1 rings (SSSR count). The topological polar surface area (TPSA) is 93.7 Å². The minimum Gasteiger partial charge on any atom is -0.483 e. The number of amides is 2. The molecule has 0 spiro atoms. The molecule has 0 radical (unpaired) electrons. The zero-order chi connectivity index (χ0) is 17.2. The molecule has 0 aromatic heterocycles. The Kier molecular flexibility index (Phi) is 7.59. The molecular formula is C16H22N2O5. The Morgan fingerprint density at radius 3 is 2.22 bits per heavy atom. The summed E-state index contributed by atoms with van der Waals surface area (Å²) in [5.41, 5.74) is 6.31. The molecule has 2 amide bonds. The summed E-state index contributed by atoms with van der Waals surface area (Å²) in [6.45, 7) is 5.51. The predicted octanol–water partition coefficient (Wildman–Crippen LogP) is 1.17. The number of rotatable bonds is 7. The molecule has 0 aliphatic carbocycles. The summed E-state index contributed by atoms with van der Waals surface area (Å²) in [6, 6.07) is 5.68. The summed E-state index contributed by atoms with van der Waals surface area (Å²) in [7, 11) is 0. The van der Waals surface area contributed by atoms with E-state index in [9.17, 15) is 14.4 Å².